The van der Waals surface area contributed by atoms with Crippen LogP contribution in [0.3, 0.4) is 0 Å². The maximum Gasteiger partial charge on any atom is 0.255 e. The van der Waals surface area contributed by atoms with Crippen LogP contribution in [0.25, 0.3) is 5.69 Å². The van der Waals surface area contributed by atoms with Gasteiger partial charge < -0.3 is 10.1 Å². The fraction of sp³-hybridized carbons (Fsp3) is 0.500. The first-order chi connectivity index (χ1) is 12.0. The predicted molar refractivity (Wildman–Crippen MR) is 98.4 cm³/mol. The minimum atomic E-state index is -0.0588. The Bertz CT molecular complexity index is 758. The molecule has 0 spiro atoms. The Labute approximate surface area is 149 Å². The summed E-state index contributed by atoms with van der Waals surface area (Å²) >= 11 is 0. The molecule has 0 bridgehead atoms. The lowest BCUT2D eigenvalue weighted by atomic mass is 10.0. The van der Waals surface area contributed by atoms with Gasteiger partial charge in [0.2, 0.25) is 0 Å². The van der Waals surface area contributed by atoms with Crippen molar-refractivity contribution in [1.29, 1.82) is 0 Å². The summed E-state index contributed by atoms with van der Waals surface area (Å²) in [5, 5.41) is 7.73. The Kier molecular flexibility index (Phi) is 5.23. The first-order valence-electron chi connectivity index (χ1n) is 9.04. The third-order valence-electron chi connectivity index (χ3n) is 4.73. The molecule has 0 saturated carbocycles. The first-order valence-corrected chi connectivity index (χ1v) is 9.04. The zero-order valence-electron chi connectivity index (χ0n) is 15.5. The van der Waals surface area contributed by atoms with E-state index in [0.717, 1.165) is 42.1 Å². The molecule has 1 unspecified atom stereocenters. The van der Waals surface area contributed by atoms with Crippen LogP contribution in [0.2, 0.25) is 0 Å². The van der Waals surface area contributed by atoms with Gasteiger partial charge >= 0.3 is 0 Å². The number of aromatic nitrogens is 2. The maximum absolute atomic E-state index is 12.9. The van der Waals surface area contributed by atoms with Gasteiger partial charge in [-0.2, -0.15) is 5.10 Å². The number of carbonyl (C=O) groups excluding carboxylic acids is 1. The summed E-state index contributed by atoms with van der Waals surface area (Å²) < 4.78 is 7.53. The van der Waals surface area contributed by atoms with Crippen molar-refractivity contribution < 1.29 is 9.53 Å². The quantitative estimate of drug-likeness (QED) is 0.905. The minimum Gasteiger partial charge on any atom is -0.376 e. The van der Waals surface area contributed by atoms with E-state index in [1.165, 1.54) is 0 Å². The highest BCUT2D eigenvalue weighted by atomic mass is 16.5. The standard InChI is InChI=1S/C20H27N3O2/c1-13(2)19-18(20(24)21-12-16-9-7-11-25-16)15(4)22-23(19)17-10-6-5-8-14(17)3/h5-6,8,10,13,16H,7,9,11-12H2,1-4H3,(H,21,24). The van der Waals surface area contributed by atoms with E-state index in [1.54, 1.807) is 0 Å². The van der Waals surface area contributed by atoms with Crippen molar-refractivity contribution >= 4 is 5.91 Å². The molecule has 1 aliphatic heterocycles. The molecule has 2 aromatic rings. The van der Waals surface area contributed by atoms with Crippen LogP contribution in [0.5, 0.6) is 0 Å². The zero-order valence-corrected chi connectivity index (χ0v) is 15.5. The fourth-order valence-corrected chi connectivity index (χ4v) is 3.44. The largest absolute Gasteiger partial charge is 0.376 e. The molecule has 1 fully saturated rings. The lowest BCUT2D eigenvalue weighted by Crippen LogP contribution is -2.32. The predicted octanol–water partition coefficient (Wildman–Crippen LogP) is 3.52. The third-order valence-corrected chi connectivity index (χ3v) is 4.73. The third kappa shape index (κ3) is 3.61. The van der Waals surface area contributed by atoms with Crippen molar-refractivity contribution in [2.75, 3.05) is 13.2 Å². The molecular formula is C20H27N3O2. The van der Waals surface area contributed by atoms with Gasteiger partial charge in [-0.1, -0.05) is 32.0 Å². The number of nitrogens with one attached hydrogen (secondary N) is 1. The lowest BCUT2D eigenvalue weighted by molar-refractivity contribution is 0.0856. The van der Waals surface area contributed by atoms with E-state index in [0.29, 0.717) is 12.1 Å². The molecule has 2 heterocycles. The summed E-state index contributed by atoms with van der Waals surface area (Å²) in [7, 11) is 0. The average Bonchev–Trinajstić information content (AvgIpc) is 3.20. The minimum absolute atomic E-state index is 0.0588. The highest BCUT2D eigenvalue weighted by molar-refractivity contribution is 5.96. The van der Waals surface area contributed by atoms with Gasteiger partial charge in [-0.05, 0) is 44.2 Å². The smallest absolute Gasteiger partial charge is 0.255 e. The van der Waals surface area contributed by atoms with Crippen LogP contribution in [-0.4, -0.2) is 34.9 Å². The number of nitrogens with zero attached hydrogens (tertiary/aromatic N) is 2. The van der Waals surface area contributed by atoms with E-state index in [4.69, 9.17) is 4.74 Å². The normalized spacial score (nSPS) is 17.2. The summed E-state index contributed by atoms with van der Waals surface area (Å²) in [6.45, 7) is 9.52. The van der Waals surface area contributed by atoms with E-state index in [2.05, 4.69) is 37.3 Å². The second-order valence-electron chi connectivity index (χ2n) is 7.04. The number of amides is 1. The summed E-state index contributed by atoms with van der Waals surface area (Å²) in [4.78, 5) is 12.9. The molecule has 1 aromatic carbocycles. The van der Waals surface area contributed by atoms with E-state index in [1.807, 2.05) is 29.8 Å². The molecule has 1 atom stereocenters. The van der Waals surface area contributed by atoms with Gasteiger partial charge in [-0.3, -0.25) is 4.79 Å². The Morgan fingerprint density at radius 3 is 2.76 bits per heavy atom. The van der Waals surface area contributed by atoms with Crippen LogP contribution >= 0.6 is 0 Å². The van der Waals surface area contributed by atoms with Gasteiger partial charge in [0.25, 0.3) is 5.91 Å². The molecule has 25 heavy (non-hydrogen) atoms. The fourth-order valence-electron chi connectivity index (χ4n) is 3.44. The zero-order chi connectivity index (χ0) is 18.0. The van der Waals surface area contributed by atoms with E-state index in [-0.39, 0.29) is 17.9 Å². The highest BCUT2D eigenvalue weighted by Gasteiger charge is 2.25. The maximum atomic E-state index is 12.9. The van der Waals surface area contributed by atoms with Crippen LogP contribution in [0.15, 0.2) is 24.3 Å². The van der Waals surface area contributed by atoms with Crippen molar-refractivity contribution in [3.63, 3.8) is 0 Å². The molecule has 1 amide bonds. The van der Waals surface area contributed by atoms with Crippen LogP contribution in [0.4, 0.5) is 0 Å². The first kappa shape index (κ1) is 17.7. The van der Waals surface area contributed by atoms with Crippen LogP contribution in [0.1, 0.15) is 59.9 Å². The Morgan fingerprint density at radius 2 is 2.12 bits per heavy atom. The molecule has 0 radical (unpaired) electrons. The molecule has 5 nitrogen and oxygen atoms in total. The Balaban J connectivity index is 1.93. The summed E-state index contributed by atoms with van der Waals surface area (Å²) in [6, 6.07) is 8.12. The number of carbonyl (C=O) groups is 1. The molecule has 134 valence electrons. The monoisotopic (exact) mass is 341 g/mol. The number of aryl methyl sites for hydroxylation is 2. The molecular weight excluding hydrogens is 314 g/mol. The SMILES string of the molecule is Cc1ccccc1-n1nc(C)c(C(=O)NCC2CCCO2)c1C(C)C. The van der Waals surface area contributed by atoms with Gasteiger partial charge in [-0.15, -0.1) is 0 Å². The summed E-state index contributed by atoms with van der Waals surface area (Å²) in [6.07, 6.45) is 2.22. The van der Waals surface area contributed by atoms with Gasteiger partial charge in [0.1, 0.15) is 0 Å². The van der Waals surface area contributed by atoms with Crippen molar-refractivity contribution in [3.8, 4) is 5.69 Å². The Morgan fingerprint density at radius 1 is 1.36 bits per heavy atom. The average molecular weight is 341 g/mol. The van der Waals surface area contributed by atoms with Crippen molar-refractivity contribution in [3.05, 3.63) is 46.8 Å². The van der Waals surface area contributed by atoms with E-state index in [9.17, 15) is 4.79 Å². The van der Waals surface area contributed by atoms with E-state index < -0.39 is 0 Å². The second-order valence-corrected chi connectivity index (χ2v) is 7.04. The van der Waals surface area contributed by atoms with E-state index >= 15 is 0 Å². The number of para-hydroxylation sites is 1. The van der Waals surface area contributed by atoms with Gasteiger partial charge in [-0.25, -0.2) is 4.68 Å². The van der Waals surface area contributed by atoms with Crippen molar-refractivity contribution in [2.45, 2.75) is 52.6 Å². The molecule has 1 aliphatic rings. The number of hydrogen-bond donors (Lipinski definition) is 1. The number of hydrogen-bond acceptors (Lipinski definition) is 3. The number of benzene rings is 1. The van der Waals surface area contributed by atoms with Crippen LogP contribution in [0, 0.1) is 13.8 Å². The van der Waals surface area contributed by atoms with Crippen molar-refractivity contribution in [1.82, 2.24) is 15.1 Å². The van der Waals surface area contributed by atoms with Crippen LogP contribution in [-0.2, 0) is 4.74 Å². The topological polar surface area (TPSA) is 56.2 Å². The lowest BCUT2D eigenvalue weighted by Gasteiger charge is -2.15. The number of rotatable bonds is 5. The van der Waals surface area contributed by atoms with Gasteiger partial charge in [0.05, 0.1) is 28.7 Å². The highest BCUT2D eigenvalue weighted by Crippen LogP contribution is 2.27. The Hall–Kier alpha value is -2.14. The molecule has 1 aromatic heterocycles. The summed E-state index contributed by atoms with van der Waals surface area (Å²) in [5.41, 5.74) is 4.57. The van der Waals surface area contributed by atoms with Gasteiger partial charge in [0, 0.05) is 13.2 Å². The molecule has 3 rings (SSSR count). The number of ether oxygens (including phenoxy) is 1. The molecule has 0 aliphatic carbocycles. The second kappa shape index (κ2) is 7.40. The molecule has 5 heteroatoms. The van der Waals surface area contributed by atoms with Crippen molar-refractivity contribution in [2.24, 2.45) is 0 Å². The van der Waals surface area contributed by atoms with Crippen LogP contribution < -0.4 is 5.32 Å². The summed E-state index contributed by atoms with van der Waals surface area (Å²) in [5.74, 6) is 0.126. The molecule has 1 saturated heterocycles. The van der Waals surface area contributed by atoms with Gasteiger partial charge in [0.15, 0.2) is 0 Å². The molecule has 1 N–H and O–H groups in total.